The van der Waals surface area contributed by atoms with Crippen molar-refractivity contribution in [2.45, 2.75) is 0 Å². The van der Waals surface area contributed by atoms with Gasteiger partial charge in [0, 0.05) is 18.0 Å². The topological polar surface area (TPSA) is 98.5 Å². The molecule has 0 fully saturated rings. The number of hydrogen-bond acceptors (Lipinski definition) is 5. The van der Waals surface area contributed by atoms with Crippen LogP contribution in [0.2, 0.25) is 0 Å². The molecule has 142 valence electrons. The van der Waals surface area contributed by atoms with Crippen molar-refractivity contribution in [2.24, 2.45) is 5.73 Å². The average molecular weight is 380 g/mol. The molecule has 2 heterocycles. The first-order chi connectivity index (χ1) is 13.5. The molecule has 4 aromatic rings. The number of furan rings is 2. The molecule has 2 aromatic carbocycles. The molecule has 6 nitrogen and oxygen atoms in total. The summed E-state index contributed by atoms with van der Waals surface area (Å²) in [5, 5.41) is 3.27. The summed E-state index contributed by atoms with van der Waals surface area (Å²) in [5.41, 5.74) is 6.95. The van der Waals surface area contributed by atoms with E-state index < -0.39 is 11.7 Å². The van der Waals surface area contributed by atoms with E-state index in [9.17, 15) is 14.0 Å². The highest BCUT2D eigenvalue weighted by Crippen LogP contribution is 2.30. The Kier molecular flexibility index (Phi) is 5.55. The van der Waals surface area contributed by atoms with Gasteiger partial charge in [-0.05, 0) is 30.3 Å². The predicted molar refractivity (Wildman–Crippen MR) is 104 cm³/mol. The van der Waals surface area contributed by atoms with Gasteiger partial charge >= 0.3 is 0 Å². The van der Waals surface area contributed by atoms with Crippen LogP contribution >= 0.6 is 0 Å². The molecule has 2 aromatic heterocycles. The lowest BCUT2D eigenvalue weighted by Gasteiger charge is -1.97. The molecule has 4 rings (SSSR count). The Morgan fingerprint density at radius 2 is 1.82 bits per heavy atom. The molecule has 0 bridgehead atoms. The van der Waals surface area contributed by atoms with Gasteiger partial charge in [0.1, 0.15) is 17.2 Å². The molecule has 28 heavy (non-hydrogen) atoms. The minimum atomic E-state index is -0.684. The molecule has 0 unspecified atom stereocenters. The van der Waals surface area contributed by atoms with Crippen molar-refractivity contribution in [1.29, 1.82) is 0 Å². The van der Waals surface area contributed by atoms with E-state index in [1.807, 2.05) is 30.3 Å². The van der Waals surface area contributed by atoms with Gasteiger partial charge in [0.25, 0.3) is 5.91 Å². The van der Waals surface area contributed by atoms with Crippen LogP contribution in [-0.4, -0.2) is 19.2 Å². The maximum absolute atomic E-state index is 13.0. The van der Waals surface area contributed by atoms with Gasteiger partial charge < -0.3 is 19.9 Å². The molecule has 1 amide bonds. The van der Waals surface area contributed by atoms with Crippen molar-refractivity contribution in [3.8, 4) is 11.3 Å². The van der Waals surface area contributed by atoms with Crippen molar-refractivity contribution in [1.82, 2.24) is 0 Å². The van der Waals surface area contributed by atoms with E-state index in [4.69, 9.17) is 14.6 Å². The zero-order valence-corrected chi connectivity index (χ0v) is 14.9. The van der Waals surface area contributed by atoms with Gasteiger partial charge in [0.2, 0.25) is 5.76 Å². The fourth-order valence-corrected chi connectivity index (χ4v) is 2.67. The summed E-state index contributed by atoms with van der Waals surface area (Å²) in [4.78, 5) is 21.4. The number of primary amides is 1. The highest BCUT2D eigenvalue weighted by Gasteiger charge is 2.17. The monoisotopic (exact) mass is 380 g/mol. The smallest absolute Gasteiger partial charge is 0.286 e. The molecule has 0 saturated heterocycles. The molecule has 0 aliphatic rings. The Hall–Kier alpha value is -3.87. The largest absolute Gasteiger partial charge is 0.453 e. The Bertz CT molecular complexity index is 1120. The molecular formula is C21H17FN2O4. The second-order valence-electron chi connectivity index (χ2n) is 5.75. The van der Waals surface area contributed by atoms with Gasteiger partial charge in [-0.25, -0.2) is 4.39 Å². The highest BCUT2D eigenvalue weighted by molar-refractivity contribution is 6.05. The van der Waals surface area contributed by atoms with Crippen LogP contribution in [0.4, 0.5) is 10.1 Å². The third-order valence-corrected chi connectivity index (χ3v) is 3.93. The normalized spacial score (nSPS) is 10.2. The summed E-state index contributed by atoms with van der Waals surface area (Å²) < 4.78 is 23.4. The van der Waals surface area contributed by atoms with Gasteiger partial charge in [0.05, 0.1) is 5.69 Å². The fraction of sp³-hybridized carbons (Fsp3) is 0.0476. The summed E-state index contributed by atoms with van der Waals surface area (Å²) in [7, 11) is 1.61. The van der Waals surface area contributed by atoms with Crippen molar-refractivity contribution in [3.05, 3.63) is 78.0 Å². The second kappa shape index (κ2) is 8.22. The first-order valence-electron chi connectivity index (χ1n) is 8.33. The van der Waals surface area contributed by atoms with Crippen LogP contribution in [-0.2, 0) is 0 Å². The molecule has 0 atom stereocenters. The zero-order valence-electron chi connectivity index (χ0n) is 14.9. The quantitative estimate of drug-likeness (QED) is 0.509. The third-order valence-electron chi connectivity index (χ3n) is 3.93. The fourth-order valence-electron chi connectivity index (χ4n) is 2.67. The minimum Gasteiger partial charge on any atom is -0.453 e. The van der Waals surface area contributed by atoms with Crippen LogP contribution in [0.1, 0.15) is 21.1 Å². The SMILES string of the molecule is CNc1c(C(N)=O)oc2ccc(F)cc12.O=Cc1ccc(-c2ccccc2)o1. The lowest BCUT2D eigenvalue weighted by atomic mass is 10.2. The molecule has 0 spiro atoms. The van der Waals surface area contributed by atoms with Crippen LogP contribution in [0.25, 0.3) is 22.3 Å². The lowest BCUT2D eigenvalue weighted by molar-refractivity contribution is 0.0976. The summed E-state index contributed by atoms with van der Waals surface area (Å²) in [6.45, 7) is 0. The molecule has 7 heteroatoms. The minimum absolute atomic E-state index is 0.0121. The number of amides is 1. The van der Waals surface area contributed by atoms with E-state index in [2.05, 4.69) is 5.32 Å². The van der Waals surface area contributed by atoms with E-state index in [0.717, 1.165) is 11.3 Å². The lowest BCUT2D eigenvalue weighted by Crippen LogP contribution is -2.11. The number of benzene rings is 2. The average Bonchev–Trinajstić information content (AvgIpc) is 3.33. The molecule has 0 aliphatic carbocycles. The molecule has 0 aliphatic heterocycles. The van der Waals surface area contributed by atoms with Gasteiger partial charge in [-0.3, -0.25) is 9.59 Å². The summed E-state index contributed by atoms with van der Waals surface area (Å²) in [5.74, 6) is 0.0198. The predicted octanol–water partition coefficient (Wildman–Crippen LogP) is 4.47. The molecular weight excluding hydrogens is 363 g/mol. The summed E-state index contributed by atoms with van der Waals surface area (Å²) in [6, 6.07) is 17.1. The Morgan fingerprint density at radius 3 is 2.43 bits per heavy atom. The van der Waals surface area contributed by atoms with Gasteiger partial charge in [-0.15, -0.1) is 0 Å². The molecule has 0 saturated carbocycles. The van der Waals surface area contributed by atoms with Crippen molar-refractivity contribution < 1.29 is 22.8 Å². The first-order valence-corrected chi connectivity index (χ1v) is 8.33. The van der Waals surface area contributed by atoms with Crippen LogP contribution in [0.15, 0.2) is 69.5 Å². The Labute approximate surface area is 159 Å². The van der Waals surface area contributed by atoms with Crippen LogP contribution < -0.4 is 11.1 Å². The van der Waals surface area contributed by atoms with Crippen LogP contribution in [0, 0.1) is 5.82 Å². The highest BCUT2D eigenvalue weighted by atomic mass is 19.1. The maximum Gasteiger partial charge on any atom is 0.286 e. The summed E-state index contributed by atoms with van der Waals surface area (Å²) in [6.07, 6.45) is 0.701. The van der Waals surface area contributed by atoms with Crippen molar-refractivity contribution in [2.75, 3.05) is 12.4 Å². The zero-order chi connectivity index (χ0) is 20.1. The number of hydrogen-bond donors (Lipinski definition) is 2. The number of nitrogens with two attached hydrogens (primary N) is 1. The Balaban J connectivity index is 0.000000162. The molecule has 0 radical (unpaired) electrons. The van der Waals surface area contributed by atoms with Crippen molar-refractivity contribution >= 4 is 28.8 Å². The number of carbonyl (C=O) groups excluding carboxylic acids is 2. The Morgan fingerprint density at radius 1 is 1.07 bits per heavy atom. The second-order valence-corrected chi connectivity index (χ2v) is 5.75. The van der Waals surface area contributed by atoms with Crippen molar-refractivity contribution in [3.63, 3.8) is 0 Å². The van der Waals surface area contributed by atoms with E-state index in [0.29, 0.717) is 28.7 Å². The number of anilines is 1. The maximum atomic E-state index is 13.0. The number of aldehydes is 1. The van der Waals surface area contributed by atoms with E-state index in [-0.39, 0.29) is 5.76 Å². The number of nitrogens with one attached hydrogen (secondary N) is 1. The van der Waals surface area contributed by atoms with Crippen LogP contribution in [0.3, 0.4) is 0 Å². The van der Waals surface area contributed by atoms with Gasteiger partial charge in [0.15, 0.2) is 12.0 Å². The van der Waals surface area contributed by atoms with Gasteiger partial charge in [-0.1, -0.05) is 30.3 Å². The van der Waals surface area contributed by atoms with Gasteiger partial charge in [-0.2, -0.15) is 0 Å². The van der Waals surface area contributed by atoms with E-state index >= 15 is 0 Å². The first kappa shape index (κ1) is 18.9. The van der Waals surface area contributed by atoms with Crippen LogP contribution in [0.5, 0.6) is 0 Å². The number of carbonyl (C=O) groups is 2. The number of halogens is 1. The van der Waals surface area contributed by atoms with E-state index in [1.54, 1.807) is 19.2 Å². The number of fused-ring (bicyclic) bond motifs is 1. The van der Waals surface area contributed by atoms with E-state index in [1.165, 1.54) is 18.2 Å². The third kappa shape index (κ3) is 3.93. The summed E-state index contributed by atoms with van der Waals surface area (Å²) >= 11 is 0. The number of rotatable bonds is 4. The standard InChI is InChI=1S/C11H8O2.C10H9FN2O2/c12-8-10-6-7-11(13-10)9-4-2-1-3-5-9;1-13-8-6-4-5(11)2-3-7(6)15-9(8)10(12)14/h1-8H;2-4,13H,1H3,(H2,12,14). The molecule has 3 N–H and O–H groups in total.